The standard InChI is InChI=1S/C15H22N2O2/c1-17(10-14(16)15(18)19)9-11-6-7-12-4-2-3-5-13(12)8-11/h6-8,14H,2-5,9-10,16H2,1H3,(H,18,19). The lowest BCUT2D eigenvalue weighted by atomic mass is 9.90. The van der Waals surface area contributed by atoms with Gasteiger partial charge in [-0.1, -0.05) is 18.2 Å². The van der Waals surface area contributed by atoms with E-state index in [1.165, 1.54) is 42.4 Å². The third-order valence-electron chi connectivity index (χ3n) is 3.69. The Bertz CT molecular complexity index is 459. The molecule has 1 unspecified atom stereocenters. The smallest absolute Gasteiger partial charge is 0.321 e. The van der Waals surface area contributed by atoms with Gasteiger partial charge in [-0.15, -0.1) is 0 Å². The molecule has 19 heavy (non-hydrogen) atoms. The maximum atomic E-state index is 10.7. The number of rotatable bonds is 5. The molecule has 1 aliphatic rings. The average molecular weight is 262 g/mol. The second-order valence-corrected chi connectivity index (χ2v) is 5.45. The molecule has 0 radical (unpaired) electrons. The normalized spacial score (nSPS) is 16.2. The molecule has 0 fully saturated rings. The predicted octanol–water partition coefficient (Wildman–Crippen LogP) is 1.41. The molecule has 0 amide bonds. The van der Waals surface area contributed by atoms with Crippen LogP contribution in [-0.4, -0.2) is 35.6 Å². The highest BCUT2D eigenvalue weighted by Gasteiger charge is 2.15. The number of carboxylic acids is 1. The molecule has 0 spiro atoms. The fourth-order valence-corrected chi connectivity index (χ4v) is 2.68. The van der Waals surface area contributed by atoms with Crippen LogP contribution in [0, 0.1) is 0 Å². The third kappa shape index (κ3) is 3.78. The Kier molecular flexibility index (Phi) is 4.56. The van der Waals surface area contributed by atoms with Gasteiger partial charge >= 0.3 is 5.97 Å². The van der Waals surface area contributed by atoms with E-state index in [9.17, 15) is 4.79 Å². The van der Waals surface area contributed by atoms with Gasteiger partial charge in [0.15, 0.2) is 0 Å². The van der Waals surface area contributed by atoms with Crippen LogP contribution in [0.3, 0.4) is 0 Å². The molecule has 1 aromatic rings. The second kappa shape index (κ2) is 6.17. The van der Waals surface area contributed by atoms with E-state index >= 15 is 0 Å². The van der Waals surface area contributed by atoms with Crippen LogP contribution in [-0.2, 0) is 24.2 Å². The lowest BCUT2D eigenvalue weighted by Gasteiger charge is -2.21. The lowest BCUT2D eigenvalue weighted by Crippen LogP contribution is -2.40. The Morgan fingerprint density at radius 2 is 2.05 bits per heavy atom. The monoisotopic (exact) mass is 262 g/mol. The summed E-state index contributed by atoms with van der Waals surface area (Å²) in [5, 5.41) is 8.80. The van der Waals surface area contributed by atoms with Crippen molar-refractivity contribution in [2.75, 3.05) is 13.6 Å². The number of aryl methyl sites for hydroxylation is 2. The van der Waals surface area contributed by atoms with E-state index in [1.54, 1.807) is 0 Å². The molecule has 104 valence electrons. The van der Waals surface area contributed by atoms with Crippen LogP contribution in [0.15, 0.2) is 18.2 Å². The Labute approximate surface area is 114 Å². The van der Waals surface area contributed by atoms with Gasteiger partial charge in [0.1, 0.15) is 6.04 Å². The lowest BCUT2D eigenvalue weighted by molar-refractivity contribution is -0.138. The SMILES string of the molecule is CN(Cc1ccc2c(c1)CCCC2)CC(N)C(=O)O. The van der Waals surface area contributed by atoms with Crippen LogP contribution >= 0.6 is 0 Å². The zero-order valence-corrected chi connectivity index (χ0v) is 11.4. The van der Waals surface area contributed by atoms with Gasteiger partial charge in [0.2, 0.25) is 0 Å². The molecule has 1 atom stereocenters. The summed E-state index contributed by atoms with van der Waals surface area (Å²) in [5.41, 5.74) is 9.71. The van der Waals surface area contributed by atoms with Crippen molar-refractivity contribution in [3.8, 4) is 0 Å². The van der Waals surface area contributed by atoms with Crippen molar-refractivity contribution in [2.45, 2.75) is 38.3 Å². The number of likely N-dealkylation sites (N-methyl/N-ethyl adjacent to an activating group) is 1. The van der Waals surface area contributed by atoms with Gasteiger partial charge in [-0.05, 0) is 49.4 Å². The fraction of sp³-hybridized carbons (Fsp3) is 0.533. The summed E-state index contributed by atoms with van der Waals surface area (Å²) < 4.78 is 0. The van der Waals surface area contributed by atoms with Crippen LogP contribution in [0.4, 0.5) is 0 Å². The third-order valence-corrected chi connectivity index (χ3v) is 3.69. The number of fused-ring (bicyclic) bond motifs is 1. The van der Waals surface area contributed by atoms with E-state index in [-0.39, 0.29) is 0 Å². The first-order valence-corrected chi connectivity index (χ1v) is 6.84. The number of benzene rings is 1. The van der Waals surface area contributed by atoms with Gasteiger partial charge in [0.05, 0.1) is 0 Å². The van der Waals surface area contributed by atoms with Gasteiger partial charge in [-0.25, -0.2) is 0 Å². The Morgan fingerprint density at radius 3 is 2.74 bits per heavy atom. The van der Waals surface area contributed by atoms with E-state index in [1.807, 2.05) is 11.9 Å². The molecule has 0 aliphatic heterocycles. The molecule has 4 heteroatoms. The highest BCUT2D eigenvalue weighted by atomic mass is 16.4. The van der Waals surface area contributed by atoms with Crippen LogP contribution < -0.4 is 5.73 Å². The first-order chi connectivity index (χ1) is 9.06. The van der Waals surface area contributed by atoms with Crippen LogP contribution in [0.25, 0.3) is 0 Å². The van der Waals surface area contributed by atoms with E-state index in [4.69, 9.17) is 10.8 Å². The van der Waals surface area contributed by atoms with Crippen molar-refractivity contribution >= 4 is 5.97 Å². The molecule has 3 N–H and O–H groups in total. The van der Waals surface area contributed by atoms with E-state index < -0.39 is 12.0 Å². The Balaban J connectivity index is 1.97. The van der Waals surface area contributed by atoms with Gasteiger partial charge in [-0.3, -0.25) is 9.69 Å². The number of aliphatic carboxylic acids is 1. The van der Waals surface area contributed by atoms with Crippen molar-refractivity contribution in [3.63, 3.8) is 0 Å². The van der Waals surface area contributed by atoms with Crippen molar-refractivity contribution in [1.82, 2.24) is 4.90 Å². The van der Waals surface area contributed by atoms with Crippen LogP contribution in [0.5, 0.6) is 0 Å². The molecular weight excluding hydrogens is 240 g/mol. The summed E-state index contributed by atoms with van der Waals surface area (Å²) in [4.78, 5) is 12.7. The summed E-state index contributed by atoms with van der Waals surface area (Å²) in [6.45, 7) is 1.11. The first-order valence-electron chi connectivity index (χ1n) is 6.84. The highest BCUT2D eigenvalue weighted by molar-refractivity contribution is 5.73. The number of nitrogens with zero attached hydrogens (tertiary/aromatic N) is 1. The van der Waals surface area contributed by atoms with Gasteiger partial charge < -0.3 is 10.8 Å². The minimum absolute atomic E-state index is 0.367. The minimum Gasteiger partial charge on any atom is -0.480 e. The first kappa shape index (κ1) is 14.0. The topological polar surface area (TPSA) is 66.6 Å². The molecule has 1 aromatic carbocycles. The zero-order chi connectivity index (χ0) is 13.8. The van der Waals surface area contributed by atoms with Crippen molar-refractivity contribution < 1.29 is 9.90 Å². The molecule has 0 aromatic heterocycles. The van der Waals surface area contributed by atoms with Crippen molar-refractivity contribution in [1.29, 1.82) is 0 Å². The Morgan fingerprint density at radius 1 is 1.37 bits per heavy atom. The van der Waals surface area contributed by atoms with Crippen LogP contribution in [0.1, 0.15) is 29.5 Å². The summed E-state index contributed by atoms with van der Waals surface area (Å²) in [7, 11) is 1.91. The van der Waals surface area contributed by atoms with Crippen molar-refractivity contribution in [3.05, 3.63) is 34.9 Å². The minimum atomic E-state index is -0.947. The predicted molar refractivity (Wildman–Crippen MR) is 75.0 cm³/mol. The van der Waals surface area contributed by atoms with Gasteiger partial charge in [-0.2, -0.15) is 0 Å². The molecular formula is C15H22N2O2. The summed E-state index contributed by atoms with van der Waals surface area (Å²) in [5.74, 6) is -0.947. The average Bonchev–Trinajstić information content (AvgIpc) is 2.38. The Hall–Kier alpha value is -1.39. The molecule has 0 saturated carbocycles. The highest BCUT2D eigenvalue weighted by Crippen LogP contribution is 2.22. The maximum absolute atomic E-state index is 10.7. The molecule has 2 rings (SSSR count). The molecule has 0 heterocycles. The molecule has 0 bridgehead atoms. The van der Waals surface area contributed by atoms with Crippen LogP contribution in [0.2, 0.25) is 0 Å². The van der Waals surface area contributed by atoms with E-state index in [0.717, 1.165) is 6.54 Å². The fourth-order valence-electron chi connectivity index (χ4n) is 2.68. The second-order valence-electron chi connectivity index (χ2n) is 5.45. The van der Waals surface area contributed by atoms with Gasteiger partial charge in [0.25, 0.3) is 0 Å². The summed E-state index contributed by atoms with van der Waals surface area (Å²) >= 11 is 0. The quantitative estimate of drug-likeness (QED) is 0.842. The molecule has 1 aliphatic carbocycles. The number of carboxylic acid groups (broad SMARTS) is 1. The number of hydrogen-bond donors (Lipinski definition) is 2. The maximum Gasteiger partial charge on any atom is 0.321 e. The van der Waals surface area contributed by atoms with Crippen molar-refractivity contribution in [2.24, 2.45) is 5.73 Å². The largest absolute Gasteiger partial charge is 0.480 e. The number of hydrogen-bond acceptors (Lipinski definition) is 3. The summed E-state index contributed by atoms with van der Waals surface area (Å²) in [6, 6.07) is 5.81. The zero-order valence-electron chi connectivity index (χ0n) is 11.4. The number of carbonyl (C=O) groups is 1. The number of nitrogens with two attached hydrogens (primary N) is 1. The van der Waals surface area contributed by atoms with E-state index in [2.05, 4.69) is 18.2 Å². The summed E-state index contributed by atoms with van der Waals surface area (Å²) in [6.07, 6.45) is 4.92. The molecule has 4 nitrogen and oxygen atoms in total. The van der Waals surface area contributed by atoms with Gasteiger partial charge in [0, 0.05) is 13.1 Å². The van der Waals surface area contributed by atoms with E-state index in [0.29, 0.717) is 6.54 Å². The molecule has 0 saturated heterocycles.